The van der Waals surface area contributed by atoms with Gasteiger partial charge in [0.1, 0.15) is 0 Å². The highest BCUT2D eigenvalue weighted by atomic mass is 32.2. The maximum atomic E-state index is 2.51. The number of fused-ring (bicyclic) bond motifs is 4. The van der Waals surface area contributed by atoms with Gasteiger partial charge < -0.3 is 9.80 Å². The van der Waals surface area contributed by atoms with E-state index in [4.69, 9.17) is 0 Å². The van der Waals surface area contributed by atoms with Crippen molar-refractivity contribution in [1.29, 1.82) is 0 Å². The molecule has 0 aromatic heterocycles. The summed E-state index contributed by atoms with van der Waals surface area (Å²) in [5.74, 6) is 0. The molecule has 0 saturated heterocycles. The first kappa shape index (κ1) is 43.4. The Bertz CT molecular complexity index is 4340. The van der Waals surface area contributed by atoms with E-state index in [1.54, 1.807) is 0 Å². The first-order valence-corrected chi connectivity index (χ1v) is 27.6. The van der Waals surface area contributed by atoms with Crippen molar-refractivity contribution in [3.8, 4) is 44.5 Å². The number of hydrogen-bond donors (Lipinski definition) is 0. The summed E-state index contributed by atoms with van der Waals surface area (Å²) >= 11 is 3.82. The van der Waals surface area contributed by atoms with Crippen LogP contribution < -0.4 is 9.80 Å². The summed E-state index contributed by atoms with van der Waals surface area (Å²) < 4.78 is 0. The molecule has 0 N–H and O–H groups in total. The van der Waals surface area contributed by atoms with Crippen molar-refractivity contribution in [1.82, 2.24) is 0 Å². The highest BCUT2D eigenvalue weighted by Crippen LogP contribution is 2.59. The van der Waals surface area contributed by atoms with Gasteiger partial charge in [0, 0.05) is 52.5 Å². The van der Waals surface area contributed by atoms with E-state index in [0.29, 0.717) is 0 Å². The molecule has 4 heteroatoms. The summed E-state index contributed by atoms with van der Waals surface area (Å²) in [7, 11) is 0. The van der Waals surface area contributed by atoms with Gasteiger partial charge in [-0.2, -0.15) is 0 Å². The molecular weight excluding hydrogens is 957 g/mol. The summed E-state index contributed by atoms with van der Waals surface area (Å²) in [5, 5.41) is 12.5. The van der Waals surface area contributed by atoms with Crippen LogP contribution in [0.5, 0.6) is 0 Å². The molecule has 0 saturated carbocycles. The van der Waals surface area contributed by atoms with Crippen molar-refractivity contribution in [2.45, 2.75) is 19.6 Å². The minimum Gasteiger partial charge on any atom is -0.309 e. The molecule has 0 unspecified atom stereocenters. The molecule has 0 aliphatic carbocycles. The topological polar surface area (TPSA) is 6.48 Å². The molecule has 14 aromatic carbocycles. The molecule has 0 bridgehead atoms. The predicted octanol–water partition coefficient (Wildman–Crippen LogP) is 21.4. The third-order valence-corrected chi connectivity index (χ3v) is 18.3. The molecule has 2 heterocycles. The average molecular weight is 1000 g/mol. The van der Waals surface area contributed by atoms with E-state index in [1.165, 1.54) is 118 Å². The van der Waals surface area contributed by atoms with Crippen molar-refractivity contribution in [3.63, 3.8) is 0 Å². The van der Waals surface area contributed by atoms with Gasteiger partial charge >= 0.3 is 0 Å². The van der Waals surface area contributed by atoms with Crippen LogP contribution in [0.4, 0.5) is 34.1 Å². The van der Waals surface area contributed by atoms with E-state index < -0.39 is 0 Å². The Kier molecular flexibility index (Phi) is 9.84. The van der Waals surface area contributed by atoms with Crippen molar-refractivity contribution in [2.24, 2.45) is 0 Å². The highest BCUT2D eigenvalue weighted by Gasteiger charge is 2.31. The Balaban J connectivity index is 0.905. The molecule has 354 valence electrons. The lowest BCUT2D eigenvalue weighted by Crippen LogP contribution is -2.13. The minimum atomic E-state index is 1.11. The maximum Gasteiger partial charge on any atom is 0.0607 e. The highest BCUT2D eigenvalue weighted by molar-refractivity contribution is 8.00. The zero-order valence-electron chi connectivity index (χ0n) is 41.1. The second-order valence-corrected chi connectivity index (χ2v) is 21.9. The van der Waals surface area contributed by atoms with Gasteiger partial charge in [0.2, 0.25) is 0 Å². The monoisotopic (exact) mass is 1000 g/mol. The summed E-state index contributed by atoms with van der Waals surface area (Å²) in [6.07, 6.45) is 0. The summed E-state index contributed by atoms with van der Waals surface area (Å²) in [5.41, 5.74) is 16.9. The SMILES string of the molecule is c1ccc(-c2ccc3cccc4c3c2Sc2c-4cccc2N(c2ccccc2)c2ccc3ccc4c(N(c5ccccc5)c5cccc6c5Sc5c(-c7ccccc7)ccc7cccc-6c57)ccc5ccc2c3c54)cc1. The van der Waals surface area contributed by atoms with E-state index in [0.717, 1.165) is 34.1 Å². The average Bonchev–Trinajstić information content (AvgIpc) is 3.55. The second kappa shape index (κ2) is 17.3. The Morgan fingerprint density at radius 3 is 1.00 bits per heavy atom. The molecule has 0 spiro atoms. The molecule has 0 amide bonds. The lowest BCUT2D eigenvalue weighted by atomic mass is 9.91. The van der Waals surface area contributed by atoms with Gasteiger partial charge in [0.15, 0.2) is 0 Å². The van der Waals surface area contributed by atoms with Gasteiger partial charge in [-0.15, -0.1) is 0 Å². The molecule has 0 atom stereocenters. The Morgan fingerprint density at radius 2 is 0.566 bits per heavy atom. The van der Waals surface area contributed by atoms with Gasteiger partial charge in [-0.25, -0.2) is 0 Å². The van der Waals surface area contributed by atoms with E-state index >= 15 is 0 Å². The van der Waals surface area contributed by atoms with Crippen molar-refractivity contribution >= 4 is 112 Å². The molecule has 0 fully saturated rings. The summed E-state index contributed by atoms with van der Waals surface area (Å²) in [4.78, 5) is 10.1. The fourth-order valence-corrected chi connectivity index (χ4v) is 15.2. The van der Waals surface area contributed by atoms with Gasteiger partial charge in [-0.3, -0.25) is 0 Å². The fourth-order valence-electron chi connectivity index (χ4n) is 12.4. The van der Waals surface area contributed by atoms with Crippen LogP contribution in [-0.4, -0.2) is 0 Å². The van der Waals surface area contributed by atoms with Gasteiger partial charge in [0.05, 0.1) is 22.7 Å². The van der Waals surface area contributed by atoms with E-state index in [1.807, 2.05) is 23.5 Å². The molecule has 0 radical (unpaired) electrons. The molecule has 16 rings (SSSR count). The molecular formula is C72H44N2S2. The Morgan fingerprint density at radius 1 is 0.211 bits per heavy atom. The summed E-state index contributed by atoms with van der Waals surface area (Å²) in [6, 6.07) is 99.0. The number of nitrogens with zero attached hydrogens (tertiary/aromatic N) is 2. The zero-order chi connectivity index (χ0) is 49.8. The minimum absolute atomic E-state index is 1.11. The number of anilines is 6. The largest absolute Gasteiger partial charge is 0.309 e. The normalized spacial score (nSPS) is 12.4. The van der Waals surface area contributed by atoms with Crippen LogP contribution in [0.15, 0.2) is 287 Å². The smallest absolute Gasteiger partial charge is 0.0607 e. The standard InChI is InChI=1S/C72H44N2S2/c1-5-17-45(18-6-1)53-39-33-47-21-13-27-55-57-29-15-31-63(69(57)75-71(53)67(47)55)73(51-23-9-3-10-24-51)61-43-37-49-36-42-60-62(44-38-50-35-41-59(61)65(49)66(50)60)74(52-25-11-4-12-26-52)64-32-16-30-58-56-28-14-22-48-34-40-54(46-19-7-2-8-20-46)72(68(48)56)76-70(58)64/h1-44H. The molecule has 2 aliphatic rings. The number of benzene rings is 14. The number of hydrogen-bond acceptors (Lipinski definition) is 4. The van der Waals surface area contributed by atoms with Crippen LogP contribution in [0.2, 0.25) is 0 Å². The van der Waals surface area contributed by atoms with E-state index in [-0.39, 0.29) is 0 Å². The van der Waals surface area contributed by atoms with Crippen LogP contribution in [0.3, 0.4) is 0 Å². The van der Waals surface area contributed by atoms with Gasteiger partial charge in [0.25, 0.3) is 0 Å². The van der Waals surface area contributed by atoms with Crippen LogP contribution in [0.25, 0.3) is 98.4 Å². The van der Waals surface area contributed by atoms with E-state index in [9.17, 15) is 0 Å². The van der Waals surface area contributed by atoms with E-state index in [2.05, 4.69) is 277 Å². The lowest BCUT2D eigenvalue weighted by Gasteiger charge is -2.33. The van der Waals surface area contributed by atoms with Crippen molar-refractivity contribution in [3.05, 3.63) is 267 Å². The van der Waals surface area contributed by atoms with Crippen LogP contribution in [-0.2, 0) is 0 Å². The number of rotatable bonds is 8. The Hall–Kier alpha value is -9.06. The van der Waals surface area contributed by atoms with Crippen molar-refractivity contribution < 1.29 is 0 Å². The number of para-hydroxylation sites is 2. The Labute approximate surface area is 449 Å². The van der Waals surface area contributed by atoms with Crippen LogP contribution >= 0.6 is 23.5 Å². The third kappa shape index (κ3) is 6.58. The quantitative estimate of drug-likeness (QED) is 0.140. The molecule has 2 aliphatic heterocycles. The predicted molar refractivity (Wildman–Crippen MR) is 325 cm³/mol. The molecule has 76 heavy (non-hydrogen) atoms. The molecule has 14 aromatic rings. The van der Waals surface area contributed by atoms with Gasteiger partial charge in [-0.05, 0) is 125 Å². The first-order chi connectivity index (χ1) is 37.7. The lowest BCUT2D eigenvalue weighted by molar-refractivity contribution is 1.23. The fraction of sp³-hybridized carbons (Fsp3) is 0. The third-order valence-electron chi connectivity index (χ3n) is 15.8. The van der Waals surface area contributed by atoms with Crippen LogP contribution in [0, 0.1) is 0 Å². The second-order valence-electron chi connectivity index (χ2n) is 19.9. The molecule has 2 nitrogen and oxygen atoms in total. The maximum absolute atomic E-state index is 2.51. The van der Waals surface area contributed by atoms with Crippen LogP contribution in [0.1, 0.15) is 0 Å². The first-order valence-electron chi connectivity index (χ1n) is 26.0. The van der Waals surface area contributed by atoms with Crippen molar-refractivity contribution in [2.75, 3.05) is 9.80 Å². The summed E-state index contributed by atoms with van der Waals surface area (Å²) in [6.45, 7) is 0. The van der Waals surface area contributed by atoms with Gasteiger partial charge in [-0.1, -0.05) is 242 Å². The zero-order valence-corrected chi connectivity index (χ0v) is 42.7.